The van der Waals surface area contributed by atoms with Crippen LogP contribution in [0.3, 0.4) is 0 Å². The van der Waals surface area contributed by atoms with E-state index in [4.69, 9.17) is 0 Å². The Balaban J connectivity index is 1.77. The van der Waals surface area contributed by atoms with Crippen molar-refractivity contribution in [3.8, 4) is 0 Å². The molecule has 2 nitrogen and oxygen atoms in total. The first-order valence-corrected chi connectivity index (χ1v) is 7.82. The van der Waals surface area contributed by atoms with Crippen LogP contribution in [0.4, 0.5) is 13.2 Å². The molecule has 3 aromatic carbocycles. The first-order chi connectivity index (χ1) is 11.9. The highest BCUT2D eigenvalue weighted by atomic mass is 19.4. The van der Waals surface area contributed by atoms with E-state index < -0.39 is 18.1 Å². The van der Waals surface area contributed by atoms with Gasteiger partial charge in [-0.1, -0.05) is 72.8 Å². The van der Waals surface area contributed by atoms with E-state index in [0.717, 1.165) is 10.8 Å². The van der Waals surface area contributed by atoms with Gasteiger partial charge < -0.3 is 5.32 Å². The van der Waals surface area contributed by atoms with Gasteiger partial charge in [0.2, 0.25) is 5.91 Å². The van der Waals surface area contributed by atoms with Crippen LogP contribution >= 0.6 is 0 Å². The van der Waals surface area contributed by atoms with Gasteiger partial charge in [0.05, 0.1) is 6.42 Å². The van der Waals surface area contributed by atoms with E-state index in [-0.39, 0.29) is 12.0 Å². The monoisotopic (exact) mass is 343 g/mol. The molecule has 0 aliphatic carbocycles. The van der Waals surface area contributed by atoms with Crippen LogP contribution in [0.5, 0.6) is 0 Å². The fourth-order valence-electron chi connectivity index (χ4n) is 2.75. The largest absolute Gasteiger partial charge is 0.412 e. The second-order valence-corrected chi connectivity index (χ2v) is 5.81. The molecule has 0 radical (unpaired) electrons. The molecule has 0 saturated heterocycles. The van der Waals surface area contributed by atoms with E-state index in [1.54, 1.807) is 12.1 Å². The predicted octanol–water partition coefficient (Wildman–Crippen LogP) is 4.80. The summed E-state index contributed by atoms with van der Waals surface area (Å²) in [6.45, 7) is 0. The highest BCUT2D eigenvalue weighted by Gasteiger charge is 2.41. The minimum Gasteiger partial charge on any atom is -0.341 e. The first kappa shape index (κ1) is 17.0. The van der Waals surface area contributed by atoms with Gasteiger partial charge in [-0.05, 0) is 21.9 Å². The number of carbonyl (C=O) groups is 1. The molecule has 0 bridgehead atoms. The second-order valence-electron chi connectivity index (χ2n) is 5.81. The summed E-state index contributed by atoms with van der Waals surface area (Å²) in [6.07, 6.45) is -4.66. The smallest absolute Gasteiger partial charge is 0.341 e. The maximum atomic E-state index is 13.3. The molecule has 0 spiro atoms. The van der Waals surface area contributed by atoms with Gasteiger partial charge in [-0.3, -0.25) is 4.79 Å². The molecule has 1 amide bonds. The lowest BCUT2D eigenvalue weighted by Crippen LogP contribution is -2.38. The molecular weight excluding hydrogens is 327 g/mol. The van der Waals surface area contributed by atoms with Crippen molar-refractivity contribution in [2.24, 2.45) is 0 Å². The molecule has 0 heterocycles. The van der Waals surface area contributed by atoms with Crippen LogP contribution in [0.1, 0.15) is 17.2 Å². The number of halogens is 3. The van der Waals surface area contributed by atoms with E-state index in [1.807, 2.05) is 36.4 Å². The summed E-state index contributed by atoms with van der Waals surface area (Å²) in [4.78, 5) is 12.2. The average molecular weight is 343 g/mol. The highest BCUT2D eigenvalue weighted by molar-refractivity contribution is 5.85. The zero-order valence-corrected chi connectivity index (χ0v) is 13.3. The Morgan fingerprint density at radius 3 is 2.20 bits per heavy atom. The fraction of sp³-hybridized carbons (Fsp3) is 0.150. The van der Waals surface area contributed by atoms with Crippen LogP contribution in [0.15, 0.2) is 72.8 Å². The topological polar surface area (TPSA) is 29.1 Å². The number of rotatable bonds is 4. The number of carbonyl (C=O) groups excluding carboxylic acids is 1. The van der Waals surface area contributed by atoms with Gasteiger partial charge in [0.25, 0.3) is 0 Å². The molecule has 0 aliphatic heterocycles. The summed E-state index contributed by atoms with van der Waals surface area (Å²) in [5.41, 5.74) is 0.687. The number of hydrogen-bond donors (Lipinski definition) is 1. The van der Waals surface area contributed by atoms with Crippen molar-refractivity contribution < 1.29 is 18.0 Å². The molecule has 128 valence electrons. The number of benzene rings is 3. The van der Waals surface area contributed by atoms with Crippen LogP contribution in [-0.4, -0.2) is 12.1 Å². The van der Waals surface area contributed by atoms with Gasteiger partial charge in [-0.15, -0.1) is 0 Å². The van der Waals surface area contributed by atoms with Crippen molar-refractivity contribution in [3.05, 3.63) is 83.9 Å². The van der Waals surface area contributed by atoms with Crippen LogP contribution in [0.2, 0.25) is 0 Å². The molecule has 0 aliphatic rings. The SMILES string of the molecule is O=C(Cc1ccc2ccccc2c1)N[C@@H](c1ccccc1)C(F)(F)F. The third kappa shape index (κ3) is 4.18. The summed E-state index contributed by atoms with van der Waals surface area (Å²) >= 11 is 0. The van der Waals surface area contributed by atoms with Gasteiger partial charge in [0.1, 0.15) is 0 Å². The van der Waals surface area contributed by atoms with Gasteiger partial charge >= 0.3 is 6.18 Å². The van der Waals surface area contributed by atoms with E-state index >= 15 is 0 Å². The number of amides is 1. The number of alkyl halides is 3. The standard InChI is InChI=1S/C20H16F3NO/c21-20(22,23)19(16-7-2-1-3-8-16)24-18(25)13-14-10-11-15-6-4-5-9-17(15)12-14/h1-12,19H,13H2,(H,24,25)/t19-/m0/s1. The van der Waals surface area contributed by atoms with Crippen molar-refractivity contribution in [3.63, 3.8) is 0 Å². The normalized spacial score (nSPS) is 12.8. The molecule has 5 heteroatoms. The van der Waals surface area contributed by atoms with Crippen LogP contribution < -0.4 is 5.32 Å². The lowest BCUT2D eigenvalue weighted by molar-refractivity contribution is -0.163. The summed E-state index contributed by atoms with van der Waals surface area (Å²) in [5.74, 6) is -0.665. The Morgan fingerprint density at radius 1 is 0.880 bits per heavy atom. The van der Waals surface area contributed by atoms with Crippen LogP contribution in [0.25, 0.3) is 10.8 Å². The third-order valence-corrected chi connectivity index (χ3v) is 3.94. The van der Waals surface area contributed by atoms with Crippen LogP contribution in [-0.2, 0) is 11.2 Å². The molecule has 1 atom stereocenters. The van der Waals surface area contributed by atoms with Gasteiger partial charge in [-0.25, -0.2) is 0 Å². The van der Waals surface area contributed by atoms with Gasteiger partial charge in [-0.2, -0.15) is 13.2 Å². The molecule has 1 N–H and O–H groups in total. The molecule has 3 aromatic rings. The molecule has 25 heavy (non-hydrogen) atoms. The third-order valence-electron chi connectivity index (χ3n) is 3.94. The lowest BCUT2D eigenvalue weighted by Gasteiger charge is -2.22. The zero-order valence-electron chi connectivity index (χ0n) is 13.3. The van der Waals surface area contributed by atoms with Crippen molar-refractivity contribution in [2.75, 3.05) is 0 Å². The average Bonchev–Trinajstić information content (AvgIpc) is 2.59. The Labute approximate surface area is 143 Å². The van der Waals surface area contributed by atoms with Gasteiger partial charge in [0, 0.05) is 0 Å². The zero-order chi connectivity index (χ0) is 17.9. The minimum absolute atomic E-state index is 0.0156. The number of nitrogens with one attached hydrogen (secondary N) is 1. The summed E-state index contributed by atoms with van der Waals surface area (Å²) in [7, 11) is 0. The maximum Gasteiger partial charge on any atom is 0.412 e. The molecule has 0 saturated carbocycles. The highest BCUT2D eigenvalue weighted by Crippen LogP contribution is 2.32. The quantitative estimate of drug-likeness (QED) is 0.724. The lowest BCUT2D eigenvalue weighted by atomic mass is 10.0. The number of fused-ring (bicyclic) bond motifs is 1. The maximum absolute atomic E-state index is 13.3. The molecule has 0 fully saturated rings. The Bertz CT molecular complexity index is 875. The number of hydrogen-bond acceptors (Lipinski definition) is 1. The fourth-order valence-corrected chi connectivity index (χ4v) is 2.75. The summed E-state index contributed by atoms with van der Waals surface area (Å²) in [6, 6.07) is 18.4. The van der Waals surface area contributed by atoms with Crippen molar-refractivity contribution in [1.82, 2.24) is 5.32 Å². The minimum atomic E-state index is -4.56. The van der Waals surface area contributed by atoms with E-state index in [0.29, 0.717) is 5.56 Å². The van der Waals surface area contributed by atoms with E-state index in [2.05, 4.69) is 5.32 Å². The van der Waals surface area contributed by atoms with Crippen molar-refractivity contribution in [2.45, 2.75) is 18.6 Å². The first-order valence-electron chi connectivity index (χ1n) is 7.82. The van der Waals surface area contributed by atoms with Crippen molar-refractivity contribution >= 4 is 16.7 Å². The molecule has 3 rings (SSSR count). The summed E-state index contributed by atoms with van der Waals surface area (Å²) < 4.78 is 39.9. The summed E-state index contributed by atoms with van der Waals surface area (Å²) in [5, 5.41) is 4.07. The Morgan fingerprint density at radius 2 is 1.52 bits per heavy atom. The van der Waals surface area contributed by atoms with E-state index in [9.17, 15) is 18.0 Å². The van der Waals surface area contributed by atoms with Gasteiger partial charge in [0.15, 0.2) is 6.04 Å². The second kappa shape index (κ2) is 6.97. The molecule has 0 aromatic heterocycles. The Hall–Kier alpha value is -2.82. The Kier molecular flexibility index (Phi) is 4.74. The van der Waals surface area contributed by atoms with E-state index in [1.165, 1.54) is 24.3 Å². The molecular formula is C20H16F3NO. The molecule has 0 unspecified atom stereocenters. The predicted molar refractivity (Wildman–Crippen MR) is 91.0 cm³/mol. The van der Waals surface area contributed by atoms with Crippen molar-refractivity contribution in [1.29, 1.82) is 0 Å². The van der Waals surface area contributed by atoms with Crippen LogP contribution in [0, 0.1) is 0 Å².